The van der Waals surface area contributed by atoms with Gasteiger partial charge in [0.05, 0.1) is 22.9 Å². The molecule has 0 bridgehead atoms. The number of nitro benzene ring substituents is 1. The van der Waals surface area contributed by atoms with E-state index in [0.29, 0.717) is 24.4 Å². The molecule has 0 atom stereocenters. The number of nitro groups is 1. The van der Waals surface area contributed by atoms with E-state index >= 15 is 0 Å². The van der Waals surface area contributed by atoms with E-state index in [2.05, 4.69) is 9.88 Å². The van der Waals surface area contributed by atoms with Crippen LogP contribution in [0.3, 0.4) is 0 Å². The molecule has 2 aromatic carbocycles. The van der Waals surface area contributed by atoms with E-state index in [0.717, 1.165) is 13.1 Å². The van der Waals surface area contributed by atoms with Crippen LogP contribution < -0.4 is 10.3 Å². The number of hydrogen-bond acceptors (Lipinski definition) is 7. The highest BCUT2D eigenvalue weighted by Gasteiger charge is 2.23. The number of likely N-dealkylation sites (N-methyl/N-ethyl adjacent to an activating group) is 1. The first-order valence-electron chi connectivity index (χ1n) is 10.8. The molecule has 4 rings (SSSR count). The lowest BCUT2D eigenvalue weighted by Crippen LogP contribution is -2.48. The third-order valence-electron chi connectivity index (χ3n) is 6.05. The number of non-ortho nitro benzene ring substituents is 1. The summed E-state index contributed by atoms with van der Waals surface area (Å²) in [5.74, 6) is 0.114. The number of benzene rings is 2. The molecule has 0 aliphatic carbocycles. The zero-order chi connectivity index (χ0) is 24.4. The first kappa shape index (κ1) is 23.3. The summed E-state index contributed by atoms with van der Waals surface area (Å²) in [5, 5.41) is 20.2. The molecular formula is C23H25FN6O4. The topological polar surface area (TPSA) is 118 Å². The fourth-order valence-corrected chi connectivity index (χ4v) is 3.97. The Kier molecular flexibility index (Phi) is 6.55. The zero-order valence-electron chi connectivity index (χ0n) is 19.0. The number of methoxy groups -OCH3 is 1. The van der Waals surface area contributed by atoms with Crippen molar-refractivity contribution in [2.45, 2.75) is 13.0 Å². The van der Waals surface area contributed by atoms with Crippen LogP contribution in [0, 0.1) is 21.3 Å². The molecule has 1 aromatic heterocycles. The number of rotatable bonds is 6. The first-order chi connectivity index (χ1) is 16.3. The second-order valence-corrected chi connectivity index (χ2v) is 8.20. The number of hydrogen-bond donors (Lipinski definition) is 1. The molecule has 0 spiro atoms. The highest BCUT2D eigenvalue weighted by molar-refractivity contribution is 5.95. The quantitative estimate of drug-likeness (QED) is 0.255. The number of aromatic nitrogens is 2. The summed E-state index contributed by atoms with van der Waals surface area (Å²) in [4.78, 5) is 32.5. The van der Waals surface area contributed by atoms with Crippen LogP contribution in [-0.4, -0.2) is 70.4 Å². The maximum Gasteiger partial charge on any atom is 0.271 e. The Morgan fingerprint density at radius 3 is 2.59 bits per heavy atom. The van der Waals surface area contributed by atoms with Crippen molar-refractivity contribution in [3.8, 4) is 5.75 Å². The average Bonchev–Trinajstić information content (AvgIpc) is 2.83. The lowest BCUT2D eigenvalue weighted by molar-refractivity contribution is -0.384. The fraction of sp³-hybridized carbons (Fsp3) is 0.348. The number of fused-ring (bicyclic) bond motifs is 1. The van der Waals surface area contributed by atoms with Crippen molar-refractivity contribution in [3.63, 3.8) is 0 Å². The molecule has 1 saturated heterocycles. The molecule has 34 heavy (non-hydrogen) atoms. The number of piperazine rings is 1. The minimum absolute atomic E-state index is 0.0637. The van der Waals surface area contributed by atoms with Crippen LogP contribution in [0.1, 0.15) is 11.4 Å². The van der Waals surface area contributed by atoms with Gasteiger partial charge in [0.1, 0.15) is 11.6 Å². The van der Waals surface area contributed by atoms with Gasteiger partial charge in [-0.2, -0.15) is 0 Å². The average molecular weight is 468 g/mol. The molecule has 10 nitrogen and oxygen atoms in total. The van der Waals surface area contributed by atoms with Crippen LogP contribution in [0.25, 0.3) is 10.9 Å². The number of amidine groups is 1. The minimum Gasteiger partial charge on any atom is -0.497 e. The van der Waals surface area contributed by atoms with Gasteiger partial charge in [0.2, 0.25) is 0 Å². The van der Waals surface area contributed by atoms with Crippen molar-refractivity contribution >= 4 is 22.4 Å². The number of nitrogens with zero attached hydrogens (tertiary/aromatic N) is 5. The predicted molar refractivity (Wildman–Crippen MR) is 125 cm³/mol. The van der Waals surface area contributed by atoms with Gasteiger partial charge in [0.25, 0.3) is 11.2 Å². The number of ether oxygens (including phenoxy) is 1. The number of aryl methyl sites for hydroxylation is 1. The molecule has 11 heteroatoms. The van der Waals surface area contributed by atoms with E-state index in [1.165, 1.54) is 35.9 Å². The minimum atomic E-state index is -0.551. The van der Waals surface area contributed by atoms with E-state index < -0.39 is 16.3 Å². The number of halogens is 1. The van der Waals surface area contributed by atoms with Gasteiger partial charge < -0.3 is 14.5 Å². The maximum absolute atomic E-state index is 14.5. The second-order valence-electron chi connectivity index (χ2n) is 8.20. The van der Waals surface area contributed by atoms with Crippen molar-refractivity contribution in [1.29, 1.82) is 5.41 Å². The monoisotopic (exact) mass is 468 g/mol. The van der Waals surface area contributed by atoms with Gasteiger partial charge in [0.15, 0.2) is 11.7 Å². The normalized spacial score (nSPS) is 14.4. The van der Waals surface area contributed by atoms with Gasteiger partial charge in [0, 0.05) is 50.9 Å². The van der Waals surface area contributed by atoms with Gasteiger partial charge >= 0.3 is 0 Å². The van der Waals surface area contributed by atoms with Crippen molar-refractivity contribution in [2.75, 3.05) is 40.3 Å². The molecule has 3 aromatic rings. The first-order valence-corrected chi connectivity index (χ1v) is 10.8. The Bertz CT molecular complexity index is 1320. The summed E-state index contributed by atoms with van der Waals surface area (Å²) in [5.41, 5.74) is -0.0641. The van der Waals surface area contributed by atoms with Crippen molar-refractivity contribution < 1.29 is 14.1 Å². The van der Waals surface area contributed by atoms with E-state index in [-0.39, 0.29) is 41.2 Å². The van der Waals surface area contributed by atoms with Crippen LogP contribution >= 0.6 is 0 Å². The Hall–Kier alpha value is -3.86. The summed E-state index contributed by atoms with van der Waals surface area (Å²) in [6.45, 7) is 2.77. The largest absolute Gasteiger partial charge is 0.497 e. The summed E-state index contributed by atoms with van der Waals surface area (Å²) >= 11 is 0. The fourth-order valence-electron chi connectivity index (χ4n) is 3.97. The Morgan fingerprint density at radius 1 is 1.21 bits per heavy atom. The molecule has 1 aliphatic rings. The van der Waals surface area contributed by atoms with E-state index in [4.69, 9.17) is 10.1 Å². The summed E-state index contributed by atoms with van der Waals surface area (Å²) in [6.07, 6.45) is 0.193. The molecule has 178 valence electrons. The Labute approximate surface area is 194 Å². The SMILES string of the molecule is COc1ccc(CCn2c(C(=N)N3CCN(C)CC3)nc3cc([N+](=O)[O-])ccc3c2=O)c(F)c1. The highest BCUT2D eigenvalue weighted by Crippen LogP contribution is 2.20. The van der Waals surface area contributed by atoms with Crippen LogP contribution in [0.2, 0.25) is 0 Å². The van der Waals surface area contributed by atoms with Crippen LogP contribution in [0.15, 0.2) is 41.2 Å². The molecule has 0 unspecified atom stereocenters. The lowest BCUT2D eigenvalue weighted by atomic mass is 10.1. The van der Waals surface area contributed by atoms with Gasteiger partial charge in [-0.25, -0.2) is 9.37 Å². The van der Waals surface area contributed by atoms with E-state index in [1.54, 1.807) is 12.1 Å². The summed E-state index contributed by atoms with van der Waals surface area (Å²) in [6, 6.07) is 8.39. The van der Waals surface area contributed by atoms with Crippen LogP contribution in [-0.2, 0) is 13.0 Å². The van der Waals surface area contributed by atoms with E-state index in [9.17, 15) is 19.3 Å². The standard InChI is InChI=1S/C23H25FN6O4/c1-27-9-11-28(12-10-27)21(25)22-26-20-13-16(30(32)33)4-6-18(20)23(31)29(22)8-7-15-3-5-17(34-2)14-19(15)24/h3-6,13-14,25H,7-12H2,1-2H3. The highest BCUT2D eigenvalue weighted by atomic mass is 19.1. The second kappa shape index (κ2) is 9.56. The molecule has 0 radical (unpaired) electrons. The third-order valence-corrected chi connectivity index (χ3v) is 6.05. The molecular weight excluding hydrogens is 443 g/mol. The van der Waals surface area contributed by atoms with Crippen LogP contribution in [0.4, 0.5) is 10.1 Å². The van der Waals surface area contributed by atoms with Gasteiger partial charge in [-0.1, -0.05) is 6.07 Å². The van der Waals surface area contributed by atoms with Crippen molar-refractivity contribution in [1.82, 2.24) is 19.4 Å². The third kappa shape index (κ3) is 4.60. The Balaban J connectivity index is 1.76. The van der Waals surface area contributed by atoms with Crippen molar-refractivity contribution in [3.05, 3.63) is 74.1 Å². The predicted octanol–water partition coefficient (Wildman–Crippen LogP) is 2.27. The molecule has 1 aliphatic heterocycles. The molecule has 1 N–H and O–H groups in total. The number of nitrogens with one attached hydrogen (secondary N) is 1. The van der Waals surface area contributed by atoms with Gasteiger partial charge in [-0.15, -0.1) is 0 Å². The summed E-state index contributed by atoms with van der Waals surface area (Å²) in [7, 11) is 3.45. The smallest absolute Gasteiger partial charge is 0.271 e. The Morgan fingerprint density at radius 2 is 1.94 bits per heavy atom. The molecule has 2 heterocycles. The molecule has 0 amide bonds. The van der Waals surface area contributed by atoms with Gasteiger partial charge in [-0.3, -0.25) is 24.9 Å². The van der Waals surface area contributed by atoms with Gasteiger partial charge in [-0.05, 0) is 31.2 Å². The zero-order valence-corrected chi connectivity index (χ0v) is 19.0. The molecule has 0 saturated carbocycles. The van der Waals surface area contributed by atoms with E-state index in [1.807, 2.05) is 11.9 Å². The van der Waals surface area contributed by atoms with Crippen molar-refractivity contribution in [2.24, 2.45) is 0 Å². The molecule has 1 fully saturated rings. The lowest BCUT2D eigenvalue weighted by Gasteiger charge is -2.34. The van der Waals surface area contributed by atoms with Crippen LogP contribution in [0.5, 0.6) is 5.75 Å². The summed E-state index contributed by atoms with van der Waals surface area (Å²) < 4.78 is 20.9. The maximum atomic E-state index is 14.5.